The first-order valence-corrected chi connectivity index (χ1v) is 5.84. The number of aliphatic imine (C=N–C) groups is 1. The Labute approximate surface area is 111 Å². The molecule has 2 rings (SSSR count). The molecule has 0 saturated heterocycles. The van der Waals surface area contributed by atoms with E-state index in [9.17, 15) is 4.79 Å². The number of amidine groups is 1. The minimum atomic E-state index is -0.450. The monoisotopic (exact) mass is 263 g/mol. The van der Waals surface area contributed by atoms with Crippen LogP contribution >= 0.6 is 0 Å². The first-order chi connectivity index (χ1) is 9.01. The van der Waals surface area contributed by atoms with Gasteiger partial charge in [0.15, 0.2) is 0 Å². The highest BCUT2D eigenvalue weighted by Gasteiger charge is 2.38. The van der Waals surface area contributed by atoms with Gasteiger partial charge in [0.1, 0.15) is 11.9 Å². The highest BCUT2D eigenvalue weighted by molar-refractivity contribution is 6.03. The molecule has 0 aromatic carbocycles. The molecule has 1 atom stereocenters. The number of nitrogens with two attached hydrogens (primary N) is 1. The van der Waals surface area contributed by atoms with Crippen molar-refractivity contribution in [2.75, 3.05) is 13.7 Å². The second-order valence-corrected chi connectivity index (χ2v) is 4.29. The van der Waals surface area contributed by atoms with Crippen LogP contribution in [0.15, 0.2) is 17.6 Å². The third kappa shape index (κ3) is 1.96. The molecule has 0 bridgehead atoms. The van der Waals surface area contributed by atoms with Crippen molar-refractivity contribution in [2.24, 2.45) is 17.8 Å². The van der Waals surface area contributed by atoms with E-state index in [4.69, 9.17) is 10.5 Å². The first-order valence-electron chi connectivity index (χ1n) is 5.84. The molecule has 0 spiro atoms. The Balaban J connectivity index is 2.53. The summed E-state index contributed by atoms with van der Waals surface area (Å²) >= 11 is 0. The lowest BCUT2D eigenvalue weighted by Crippen LogP contribution is -2.34. The van der Waals surface area contributed by atoms with Crippen LogP contribution in [0.4, 0.5) is 4.79 Å². The number of nitrogens with zero attached hydrogens (tertiary/aromatic N) is 4. The van der Waals surface area contributed by atoms with E-state index >= 15 is 0 Å². The van der Waals surface area contributed by atoms with Gasteiger partial charge >= 0.3 is 6.03 Å². The molecule has 1 unspecified atom stereocenters. The summed E-state index contributed by atoms with van der Waals surface area (Å²) in [7, 11) is 3.33. The molecule has 2 amide bonds. The van der Waals surface area contributed by atoms with Crippen molar-refractivity contribution in [2.45, 2.75) is 13.0 Å². The van der Waals surface area contributed by atoms with E-state index in [1.165, 1.54) is 4.90 Å². The third-order valence-corrected chi connectivity index (χ3v) is 3.07. The van der Waals surface area contributed by atoms with Gasteiger partial charge in [-0.3, -0.25) is 0 Å². The van der Waals surface area contributed by atoms with Crippen molar-refractivity contribution in [3.05, 3.63) is 23.9 Å². The molecule has 7 heteroatoms. The molecule has 102 valence electrons. The number of methoxy groups -OCH3 is 1. The highest BCUT2D eigenvalue weighted by Crippen LogP contribution is 2.35. The highest BCUT2D eigenvalue weighted by atomic mass is 16.5. The van der Waals surface area contributed by atoms with Crippen molar-refractivity contribution in [1.82, 2.24) is 14.7 Å². The van der Waals surface area contributed by atoms with E-state index < -0.39 is 6.04 Å². The Morgan fingerprint density at radius 2 is 2.26 bits per heavy atom. The van der Waals surface area contributed by atoms with Crippen LogP contribution in [0.3, 0.4) is 0 Å². The van der Waals surface area contributed by atoms with E-state index in [-0.39, 0.29) is 11.9 Å². The fraction of sp³-hybridized carbons (Fsp3) is 0.417. The van der Waals surface area contributed by atoms with Gasteiger partial charge in [0.2, 0.25) is 5.88 Å². The van der Waals surface area contributed by atoms with Gasteiger partial charge in [-0.15, -0.1) is 6.58 Å². The molecule has 7 nitrogen and oxygen atoms in total. The average Bonchev–Trinajstić information content (AvgIpc) is 2.77. The zero-order chi connectivity index (χ0) is 14.2. The van der Waals surface area contributed by atoms with E-state index in [1.54, 1.807) is 24.9 Å². The molecule has 1 aliphatic heterocycles. The summed E-state index contributed by atoms with van der Waals surface area (Å²) in [5.74, 6) is 0.825. The number of hydrogen-bond acceptors (Lipinski definition) is 4. The molecular formula is C12H17N5O2. The zero-order valence-electron chi connectivity index (χ0n) is 11.3. The van der Waals surface area contributed by atoms with Gasteiger partial charge in [-0.2, -0.15) is 10.1 Å². The van der Waals surface area contributed by atoms with Gasteiger partial charge in [0, 0.05) is 13.6 Å². The summed E-state index contributed by atoms with van der Waals surface area (Å²) in [4.78, 5) is 17.2. The lowest BCUT2D eigenvalue weighted by atomic mass is 10.1. The van der Waals surface area contributed by atoms with Crippen molar-refractivity contribution < 1.29 is 9.53 Å². The SMILES string of the molecule is C=CCN1C(=O)N=C(N)C1c1c(C)nn(C)c1OC. The summed E-state index contributed by atoms with van der Waals surface area (Å²) in [6, 6.07) is -0.818. The maximum atomic E-state index is 11.8. The van der Waals surface area contributed by atoms with Crippen LogP contribution in [-0.4, -0.2) is 40.2 Å². The molecular weight excluding hydrogens is 246 g/mol. The Bertz CT molecular complexity index is 561. The quantitative estimate of drug-likeness (QED) is 0.812. The van der Waals surface area contributed by atoms with Gasteiger partial charge in [-0.1, -0.05) is 6.08 Å². The summed E-state index contributed by atoms with van der Waals surface area (Å²) in [6.45, 7) is 5.86. The van der Waals surface area contributed by atoms with Crippen molar-refractivity contribution in [3.8, 4) is 5.88 Å². The number of ether oxygens (including phenoxy) is 1. The molecule has 0 aliphatic carbocycles. The van der Waals surface area contributed by atoms with E-state index in [1.807, 2.05) is 6.92 Å². The molecule has 0 fully saturated rings. The van der Waals surface area contributed by atoms with Crippen molar-refractivity contribution in [3.63, 3.8) is 0 Å². The Kier molecular flexibility index (Phi) is 3.28. The molecule has 2 N–H and O–H groups in total. The third-order valence-electron chi connectivity index (χ3n) is 3.07. The lowest BCUT2D eigenvalue weighted by molar-refractivity contribution is 0.212. The number of aryl methyl sites for hydroxylation is 2. The molecule has 19 heavy (non-hydrogen) atoms. The largest absolute Gasteiger partial charge is 0.481 e. The van der Waals surface area contributed by atoms with Gasteiger partial charge in [-0.25, -0.2) is 9.48 Å². The van der Waals surface area contributed by atoms with Crippen LogP contribution in [0.1, 0.15) is 17.3 Å². The average molecular weight is 263 g/mol. The summed E-state index contributed by atoms with van der Waals surface area (Å²) in [5.41, 5.74) is 7.40. The topological polar surface area (TPSA) is 85.7 Å². The maximum Gasteiger partial charge on any atom is 0.346 e. The normalized spacial score (nSPS) is 18.7. The number of amides is 2. The summed E-state index contributed by atoms with van der Waals surface area (Å²) in [5, 5.41) is 4.30. The van der Waals surface area contributed by atoms with E-state index in [0.717, 1.165) is 11.3 Å². The van der Waals surface area contributed by atoms with Crippen LogP contribution in [0, 0.1) is 6.92 Å². The Morgan fingerprint density at radius 3 is 2.84 bits per heavy atom. The Hall–Kier alpha value is -2.31. The van der Waals surface area contributed by atoms with Crippen LogP contribution in [-0.2, 0) is 7.05 Å². The predicted octanol–water partition coefficient (Wildman–Crippen LogP) is 0.757. The fourth-order valence-corrected chi connectivity index (χ4v) is 2.34. The summed E-state index contributed by atoms with van der Waals surface area (Å²) in [6.07, 6.45) is 1.64. The molecule has 1 aromatic rings. The second kappa shape index (κ2) is 4.75. The van der Waals surface area contributed by atoms with Crippen LogP contribution in [0.25, 0.3) is 0 Å². The number of urea groups is 1. The second-order valence-electron chi connectivity index (χ2n) is 4.29. The predicted molar refractivity (Wildman–Crippen MR) is 71.2 cm³/mol. The molecule has 0 saturated carbocycles. The lowest BCUT2D eigenvalue weighted by Gasteiger charge is -2.23. The van der Waals surface area contributed by atoms with E-state index in [0.29, 0.717) is 12.4 Å². The van der Waals surface area contributed by atoms with Gasteiger partial charge in [-0.05, 0) is 6.92 Å². The van der Waals surface area contributed by atoms with Crippen LogP contribution in [0.2, 0.25) is 0 Å². The standard InChI is InChI=1S/C12H17N5O2/c1-5-6-17-9(10(13)14-12(17)18)8-7(2)15-16(3)11(8)19-4/h5,9H,1,6H2,2-4H3,(H2,13,14,18). The smallest absolute Gasteiger partial charge is 0.346 e. The van der Waals surface area contributed by atoms with E-state index in [2.05, 4.69) is 16.7 Å². The number of hydrogen-bond donors (Lipinski definition) is 1. The number of carbonyl (C=O) groups is 1. The van der Waals surface area contributed by atoms with Gasteiger partial charge in [0.25, 0.3) is 0 Å². The van der Waals surface area contributed by atoms with Crippen LogP contribution < -0.4 is 10.5 Å². The zero-order valence-corrected chi connectivity index (χ0v) is 11.3. The minimum Gasteiger partial charge on any atom is -0.481 e. The van der Waals surface area contributed by atoms with Gasteiger partial charge in [0.05, 0.1) is 18.4 Å². The number of rotatable bonds is 4. The Morgan fingerprint density at radius 1 is 1.58 bits per heavy atom. The number of carbonyl (C=O) groups excluding carboxylic acids is 1. The molecule has 1 aliphatic rings. The first kappa shape index (κ1) is 13.1. The summed E-state index contributed by atoms with van der Waals surface area (Å²) < 4.78 is 6.96. The molecule has 2 heterocycles. The van der Waals surface area contributed by atoms with Crippen molar-refractivity contribution >= 4 is 11.9 Å². The molecule has 0 radical (unpaired) electrons. The fourth-order valence-electron chi connectivity index (χ4n) is 2.34. The molecule has 1 aromatic heterocycles. The van der Waals surface area contributed by atoms with Gasteiger partial charge < -0.3 is 15.4 Å². The van der Waals surface area contributed by atoms with Crippen molar-refractivity contribution in [1.29, 1.82) is 0 Å². The maximum absolute atomic E-state index is 11.8. The van der Waals surface area contributed by atoms with Crippen LogP contribution in [0.5, 0.6) is 5.88 Å². The number of aromatic nitrogens is 2. The minimum absolute atomic E-state index is 0.251.